The Morgan fingerprint density at radius 3 is 2.85 bits per heavy atom. The van der Waals surface area contributed by atoms with Crippen molar-refractivity contribution in [3.8, 4) is 0 Å². The summed E-state index contributed by atoms with van der Waals surface area (Å²) in [6.45, 7) is 6.90. The molecule has 1 atom stereocenters. The summed E-state index contributed by atoms with van der Waals surface area (Å²) in [4.78, 5) is 32.0. The van der Waals surface area contributed by atoms with Crippen molar-refractivity contribution < 1.29 is 14.3 Å². The second kappa shape index (κ2) is 7.85. The highest BCUT2D eigenvalue weighted by molar-refractivity contribution is 5.93. The molecule has 0 radical (unpaired) electrons. The standard InChI is InChI=1S/C18H28N6O3/c1-20-5-8-23(18(20)26)16-12-19-24(14-16)15-2-4-21(13-15)6-7-22-9-11-27-10-3-17(22)25/h12,14-15H,2-11,13H2,1H3. The number of anilines is 1. The Hall–Kier alpha value is -2.13. The van der Waals surface area contributed by atoms with Gasteiger partial charge in [0.25, 0.3) is 0 Å². The van der Waals surface area contributed by atoms with Gasteiger partial charge in [-0.3, -0.25) is 19.3 Å². The molecule has 0 N–H and O–H groups in total. The Labute approximate surface area is 159 Å². The molecule has 0 bridgehead atoms. The van der Waals surface area contributed by atoms with Crippen molar-refractivity contribution in [1.29, 1.82) is 0 Å². The van der Waals surface area contributed by atoms with Gasteiger partial charge in [0.15, 0.2) is 0 Å². The van der Waals surface area contributed by atoms with Gasteiger partial charge in [-0.05, 0) is 6.42 Å². The summed E-state index contributed by atoms with van der Waals surface area (Å²) in [6, 6.07) is 0.353. The minimum atomic E-state index is 0.0358. The highest BCUT2D eigenvalue weighted by Gasteiger charge is 2.30. The van der Waals surface area contributed by atoms with E-state index in [1.54, 1.807) is 16.0 Å². The molecule has 9 heteroatoms. The number of urea groups is 1. The molecule has 1 unspecified atom stereocenters. The zero-order valence-electron chi connectivity index (χ0n) is 15.9. The van der Waals surface area contributed by atoms with Crippen molar-refractivity contribution in [2.24, 2.45) is 0 Å². The Morgan fingerprint density at radius 1 is 1.15 bits per heavy atom. The SMILES string of the molecule is CN1CCN(c2cnn(C3CCN(CCN4CCOCCC4=O)C3)c2)C1=O. The van der Waals surface area contributed by atoms with E-state index in [4.69, 9.17) is 4.74 Å². The van der Waals surface area contributed by atoms with E-state index in [0.29, 0.717) is 38.8 Å². The first-order chi connectivity index (χ1) is 13.1. The average molecular weight is 376 g/mol. The molecular weight excluding hydrogens is 348 g/mol. The van der Waals surface area contributed by atoms with E-state index in [0.717, 1.165) is 44.8 Å². The van der Waals surface area contributed by atoms with Gasteiger partial charge in [-0.15, -0.1) is 0 Å². The van der Waals surface area contributed by atoms with Crippen LogP contribution in [-0.2, 0) is 9.53 Å². The molecule has 0 aromatic carbocycles. The molecule has 4 rings (SSSR count). The summed E-state index contributed by atoms with van der Waals surface area (Å²) < 4.78 is 7.37. The maximum absolute atomic E-state index is 12.1. The average Bonchev–Trinajstić information content (AvgIpc) is 3.35. The Balaban J connectivity index is 1.29. The third-order valence-corrected chi connectivity index (χ3v) is 5.74. The molecule has 1 aromatic heterocycles. The molecule has 1 aromatic rings. The van der Waals surface area contributed by atoms with Crippen LogP contribution in [0.15, 0.2) is 12.4 Å². The fourth-order valence-corrected chi connectivity index (χ4v) is 4.00. The molecule has 0 saturated carbocycles. The summed E-state index contributed by atoms with van der Waals surface area (Å²) in [7, 11) is 1.82. The first kappa shape index (κ1) is 18.2. The van der Waals surface area contributed by atoms with Gasteiger partial charge in [-0.25, -0.2) is 4.79 Å². The number of hydrogen-bond acceptors (Lipinski definition) is 5. The van der Waals surface area contributed by atoms with Gasteiger partial charge < -0.3 is 14.5 Å². The van der Waals surface area contributed by atoms with Crippen molar-refractivity contribution in [3.63, 3.8) is 0 Å². The van der Waals surface area contributed by atoms with Gasteiger partial charge >= 0.3 is 6.03 Å². The topological polar surface area (TPSA) is 74.2 Å². The van der Waals surface area contributed by atoms with E-state index in [9.17, 15) is 9.59 Å². The van der Waals surface area contributed by atoms with E-state index < -0.39 is 0 Å². The number of nitrogens with zero attached hydrogens (tertiary/aromatic N) is 6. The first-order valence-corrected chi connectivity index (χ1v) is 9.76. The van der Waals surface area contributed by atoms with E-state index in [-0.39, 0.29) is 11.9 Å². The Bertz CT molecular complexity index is 692. The molecule has 0 spiro atoms. The molecule has 0 aliphatic carbocycles. The molecule has 3 saturated heterocycles. The largest absolute Gasteiger partial charge is 0.379 e. The van der Waals surface area contributed by atoms with Crippen molar-refractivity contribution >= 4 is 17.6 Å². The van der Waals surface area contributed by atoms with Crippen molar-refractivity contribution in [2.75, 3.05) is 71.0 Å². The number of likely N-dealkylation sites (tertiary alicyclic amines) is 1. The van der Waals surface area contributed by atoms with Crippen LogP contribution in [0.1, 0.15) is 18.9 Å². The maximum Gasteiger partial charge on any atom is 0.324 e. The monoisotopic (exact) mass is 376 g/mol. The second-order valence-electron chi connectivity index (χ2n) is 7.52. The maximum atomic E-state index is 12.1. The molecule has 27 heavy (non-hydrogen) atoms. The lowest BCUT2D eigenvalue weighted by molar-refractivity contribution is -0.130. The van der Waals surface area contributed by atoms with Crippen LogP contribution >= 0.6 is 0 Å². The minimum absolute atomic E-state index is 0.0358. The van der Waals surface area contributed by atoms with Crippen molar-refractivity contribution in [2.45, 2.75) is 18.9 Å². The predicted molar refractivity (Wildman–Crippen MR) is 99.7 cm³/mol. The van der Waals surface area contributed by atoms with E-state index in [2.05, 4.69) is 10.00 Å². The minimum Gasteiger partial charge on any atom is -0.379 e. The highest BCUT2D eigenvalue weighted by Crippen LogP contribution is 2.25. The predicted octanol–water partition coefficient (Wildman–Crippen LogP) is 0.251. The summed E-state index contributed by atoms with van der Waals surface area (Å²) >= 11 is 0. The smallest absolute Gasteiger partial charge is 0.324 e. The van der Waals surface area contributed by atoms with Crippen molar-refractivity contribution in [1.82, 2.24) is 24.5 Å². The van der Waals surface area contributed by atoms with Gasteiger partial charge in [0.05, 0.1) is 37.6 Å². The lowest BCUT2D eigenvalue weighted by Crippen LogP contribution is -2.38. The Kier molecular flexibility index (Phi) is 5.31. The number of carbonyl (C=O) groups is 2. The molecule has 148 valence electrons. The summed E-state index contributed by atoms with van der Waals surface area (Å²) in [6.07, 6.45) is 5.30. The van der Waals surface area contributed by atoms with Crippen LogP contribution in [0.2, 0.25) is 0 Å². The van der Waals surface area contributed by atoms with Gasteiger partial charge in [-0.1, -0.05) is 0 Å². The number of ether oxygens (including phenoxy) is 1. The fraction of sp³-hybridized carbons (Fsp3) is 0.722. The summed E-state index contributed by atoms with van der Waals surface area (Å²) in [5.41, 5.74) is 0.873. The van der Waals surface area contributed by atoms with Crippen LogP contribution in [-0.4, -0.2) is 102 Å². The van der Waals surface area contributed by atoms with Gasteiger partial charge in [0, 0.05) is 59.1 Å². The molecule has 3 aliphatic heterocycles. The number of aromatic nitrogens is 2. The number of amides is 3. The molecule has 3 aliphatic rings. The molecule has 9 nitrogen and oxygen atoms in total. The van der Waals surface area contributed by atoms with Gasteiger partial charge in [-0.2, -0.15) is 5.10 Å². The van der Waals surface area contributed by atoms with Crippen LogP contribution in [0.25, 0.3) is 0 Å². The van der Waals surface area contributed by atoms with Crippen LogP contribution in [0, 0.1) is 0 Å². The number of hydrogen-bond donors (Lipinski definition) is 0. The molecule has 3 amide bonds. The van der Waals surface area contributed by atoms with Crippen molar-refractivity contribution in [3.05, 3.63) is 12.4 Å². The van der Waals surface area contributed by atoms with Crippen LogP contribution < -0.4 is 4.90 Å². The first-order valence-electron chi connectivity index (χ1n) is 9.76. The summed E-state index contributed by atoms with van der Waals surface area (Å²) in [5.74, 6) is 0.195. The van der Waals surface area contributed by atoms with E-state index in [1.807, 2.05) is 22.8 Å². The lowest BCUT2D eigenvalue weighted by atomic mass is 10.3. The van der Waals surface area contributed by atoms with E-state index >= 15 is 0 Å². The van der Waals surface area contributed by atoms with Crippen LogP contribution in [0.3, 0.4) is 0 Å². The quantitative estimate of drug-likeness (QED) is 0.737. The third-order valence-electron chi connectivity index (χ3n) is 5.74. The number of rotatable bonds is 5. The zero-order chi connectivity index (χ0) is 18.8. The number of carbonyl (C=O) groups excluding carboxylic acids is 2. The summed E-state index contributed by atoms with van der Waals surface area (Å²) in [5, 5.41) is 4.51. The normalized spacial score (nSPS) is 24.9. The lowest BCUT2D eigenvalue weighted by Gasteiger charge is -2.23. The molecular formula is C18H28N6O3. The van der Waals surface area contributed by atoms with Gasteiger partial charge in [0.1, 0.15) is 0 Å². The zero-order valence-corrected chi connectivity index (χ0v) is 15.9. The molecule has 4 heterocycles. The van der Waals surface area contributed by atoms with Crippen LogP contribution in [0.5, 0.6) is 0 Å². The Morgan fingerprint density at radius 2 is 2.04 bits per heavy atom. The molecule has 3 fully saturated rings. The highest BCUT2D eigenvalue weighted by atomic mass is 16.5. The number of likely N-dealkylation sites (N-methyl/N-ethyl adjacent to an activating group) is 1. The third kappa shape index (κ3) is 3.93. The van der Waals surface area contributed by atoms with Gasteiger partial charge in [0.2, 0.25) is 5.91 Å². The van der Waals surface area contributed by atoms with E-state index in [1.165, 1.54) is 0 Å². The van der Waals surface area contributed by atoms with Crippen LogP contribution in [0.4, 0.5) is 10.5 Å². The second-order valence-corrected chi connectivity index (χ2v) is 7.52. The fourth-order valence-electron chi connectivity index (χ4n) is 4.00.